The van der Waals surface area contributed by atoms with Gasteiger partial charge >= 0.3 is 0 Å². The van der Waals surface area contributed by atoms with Crippen molar-refractivity contribution >= 4 is 16.4 Å². The first kappa shape index (κ1) is 9.65. The number of rotatable bonds is 0. The molecule has 0 aromatic rings. The Morgan fingerprint density at radius 2 is 2.14 bits per heavy atom. The third-order valence-electron chi connectivity index (χ3n) is 0.175. The lowest BCUT2D eigenvalue weighted by molar-refractivity contribution is 0.700. The highest BCUT2D eigenvalue weighted by atomic mass is 32.1. The second-order valence-electron chi connectivity index (χ2n) is 0.513. The molecule has 42 valence electrons. The second kappa shape index (κ2) is 5.41. The average molecular weight is 123 g/mol. The summed E-state index contributed by atoms with van der Waals surface area (Å²) < 4.78 is 9.32. The van der Waals surface area contributed by atoms with Crippen LogP contribution in [0.1, 0.15) is 0 Å². The zero-order chi connectivity index (χ0) is 4.99. The minimum absolute atomic E-state index is 0. The van der Waals surface area contributed by atoms with Crippen molar-refractivity contribution < 1.29 is 4.21 Å². The van der Waals surface area contributed by atoms with Gasteiger partial charge in [0.25, 0.3) is 0 Å². The molecule has 0 aromatic carbocycles. The van der Waals surface area contributed by atoms with E-state index in [0.717, 1.165) is 0 Å². The zero-order valence-electron chi connectivity index (χ0n) is 3.46. The molecule has 7 heavy (non-hydrogen) atoms. The van der Waals surface area contributed by atoms with Gasteiger partial charge in [0.1, 0.15) is 11.3 Å². The van der Waals surface area contributed by atoms with Crippen LogP contribution < -0.4 is 11.9 Å². The van der Waals surface area contributed by atoms with Crippen molar-refractivity contribution in [1.82, 2.24) is 6.15 Å². The molecule has 0 saturated carbocycles. The number of nitrogens with two attached hydrogens (primary N) is 1. The van der Waals surface area contributed by atoms with Crippen molar-refractivity contribution in [3.63, 3.8) is 0 Å². The lowest BCUT2D eigenvalue weighted by Crippen LogP contribution is -2.04. The van der Waals surface area contributed by atoms with E-state index in [0.29, 0.717) is 0 Å². The molecule has 6 heteroatoms. The SMILES string of the molecule is N.NC(N=O)=S=O. The van der Waals surface area contributed by atoms with Crippen LogP contribution in [0.5, 0.6) is 0 Å². The standard InChI is InChI=1S/CH2N2O2S.H3N/c2-1(3-4)6-5;/h2H2;1H3. The van der Waals surface area contributed by atoms with Gasteiger partial charge in [-0.05, 0) is 5.18 Å². The van der Waals surface area contributed by atoms with Crippen molar-refractivity contribution in [3.05, 3.63) is 4.91 Å². The first-order chi connectivity index (χ1) is 2.81. The summed E-state index contributed by atoms with van der Waals surface area (Å²) in [6.45, 7) is 0. The summed E-state index contributed by atoms with van der Waals surface area (Å²) in [5.41, 5.74) is 4.56. The van der Waals surface area contributed by atoms with Gasteiger partial charge in [-0.2, -0.15) is 0 Å². The van der Waals surface area contributed by atoms with Crippen LogP contribution in [-0.4, -0.2) is 9.32 Å². The molecule has 0 saturated heterocycles. The van der Waals surface area contributed by atoms with Crippen molar-refractivity contribution in [2.24, 2.45) is 10.9 Å². The van der Waals surface area contributed by atoms with Crippen LogP contribution in [0, 0.1) is 4.91 Å². The molecular weight excluding hydrogens is 118 g/mol. The number of hydrogen-bond acceptors (Lipinski definition) is 3. The predicted octanol–water partition coefficient (Wildman–Crippen LogP) is -0.826. The Morgan fingerprint density at radius 3 is 2.14 bits per heavy atom. The fraction of sp³-hybridized carbons (Fsp3) is 0. The van der Waals surface area contributed by atoms with Gasteiger partial charge in [-0.15, -0.1) is 4.91 Å². The zero-order valence-corrected chi connectivity index (χ0v) is 4.27. The van der Waals surface area contributed by atoms with Gasteiger partial charge in [0.2, 0.25) is 5.11 Å². The molecule has 0 atom stereocenters. The fourth-order valence-corrected chi connectivity index (χ4v) is 0.0456. The summed E-state index contributed by atoms with van der Waals surface area (Å²) >= 11 is -0.110. The van der Waals surface area contributed by atoms with E-state index in [4.69, 9.17) is 4.91 Å². The second-order valence-corrected chi connectivity index (χ2v) is 1.10. The third kappa shape index (κ3) is 5.41. The van der Waals surface area contributed by atoms with Crippen LogP contribution in [0.25, 0.3) is 0 Å². The Bertz CT molecular complexity index is 106. The summed E-state index contributed by atoms with van der Waals surface area (Å²) in [6, 6.07) is 0. The summed E-state index contributed by atoms with van der Waals surface area (Å²) in [6.07, 6.45) is 0. The van der Waals surface area contributed by atoms with Gasteiger partial charge in [0.15, 0.2) is 0 Å². The topological polar surface area (TPSA) is 108 Å². The molecule has 0 unspecified atom stereocenters. The van der Waals surface area contributed by atoms with Gasteiger partial charge in [-0.1, -0.05) is 0 Å². The largest absolute Gasteiger partial charge is 0.344 e. The molecule has 0 rings (SSSR count). The molecule has 0 aliphatic rings. The van der Waals surface area contributed by atoms with E-state index in [2.05, 4.69) is 10.9 Å². The summed E-state index contributed by atoms with van der Waals surface area (Å²) in [5, 5.41) is 1.63. The molecule has 0 aliphatic carbocycles. The Hall–Kier alpha value is -0.590. The smallest absolute Gasteiger partial charge is 0.242 e. The van der Waals surface area contributed by atoms with Gasteiger partial charge < -0.3 is 6.15 Å². The summed E-state index contributed by atoms with van der Waals surface area (Å²) in [5.74, 6) is 0. The van der Waals surface area contributed by atoms with E-state index in [1.807, 2.05) is 0 Å². The maximum atomic E-state index is 9.32. The fourth-order valence-electron chi connectivity index (χ4n) is 0.0152. The first-order valence-electron chi connectivity index (χ1n) is 1.07. The summed E-state index contributed by atoms with van der Waals surface area (Å²) in [7, 11) is 0. The van der Waals surface area contributed by atoms with Crippen molar-refractivity contribution in [1.29, 1.82) is 0 Å². The molecule has 0 bridgehead atoms. The Kier molecular flexibility index (Phi) is 7.46. The molecule has 0 aromatic heterocycles. The van der Waals surface area contributed by atoms with Crippen LogP contribution in [-0.2, 0) is 11.3 Å². The van der Waals surface area contributed by atoms with E-state index in [-0.39, 0.29) is 17.4 Å². The van der Waals surface area contributed by atoms with Gasteiger partial charge in [-0.25, -0.2) is 4.21 Å². The van der Waals surface area contributed by atoms with Crippen molar-refractivity contribution in [2.45, 2.75) is 0 Å². The van der Waals surface area contributed by atoms with E-state index < -0.39 is 5.11 Å². The number of nitroso groups, excluding NO2 is 1. The first-order valence-corrected chi connectivity index (χ1v) is 1.81. The van der Waals surface area contributed by atoms with Gasteiger partial charge in [0, 0.05) is 0 Å². The Balaban J connectivity index is 0. The Morgan fingerprint density at radius 1 is 1.71 bits per heavy atom. The molecule has 0 fully saturated rings. The minimum Gasteiger partial charge on any atom is -0.344 e. The molecule has 0 spiro atoms. The van der Waals surface area contributed by atoms with Crippen LogP contribution in [0.4, 0.5) is 0 Å². The lowest BCUT2D eigenvalue weighted by atomic mass is 11.2. The van der Waals surface area contributed by atoms with Crippen molar-refractivity contribution in [2.75, 3.05) is 0 Å². The highest BCUT2D eigenvalue weighted by Gasteiger charge is 1.76. The highest BCUT2D eigenvalue weighted by Crippen LogP contribution is 1.52. The molecule has 0 heterocycles. The van der Waals surface area contributed by atoms with E-state index in [1.165, 1.54) is 0 Å². The van der Waals surface area contributed by atoms with Crippen LogP contribution >= 0.6 is 0 Å². The van der Waals surface area contributed by atoms with Crippen molar-refractivity contribution in [3.8, 4) is 0 Å². The Labute approximate surface area is 43.5 Å². The maximum absolute atomic E-state index is 9.32. The predicted molar refractivity (Wildman–Crippen MR) is 28.2 cm³/mol. The van der Waals surface area contributed by atoms with E-state index >= 15 is 0 Å². The van der Waals surface area contributed by atoms with Gasteiger partial charge in [-0.3, -0.25) is 5.73 Å². The molecular formula is CH5N3O2S. The monoisotopic (exact) mass is 123 g/mol. The molecule has 5 nitrogen and oxygen atoms in total. The molecule has 0 aliphatic heterocycles. The maximum Gasteiger partial charge on any atom is 0.242 e. The van der Waals surface area contributed by atoms with Gasteiger partial charge in [0.05, 0.1) is 0 Å². The van der Waals surface area contributed by atoms with E-state index in [9.17, 15) is 4.21 Å². The van der Waals surface area contributed by atoms with Crippen LogP contribution in [0.2, 0.25) is 0 Å². The average Bonchev–Trinajstić information content (AvgIpc) is 1.65. The lowest BCUT2D eigenvalue weighted by Gasteiger charge is -1.63. The quantitative estimate of drug-likeness (QED) is 0.324. The third-order valence-corrected chi connectivity index (χ3v) is 0.421. The van der Waals surface area contributed by atoms with E-state index in [1.54, 1.807) is 0 Å². The normalized spacial score (nSPS) is 5.86. The van der Waals surface area contributed by atoms with Crippen LogP contribution in [0.3, 0.4) is 0 Å². The summed E-state index contributed by atoms with van der Waals surface area (Å²) in [4.78, 5) is 9.10. The number of hydrogen-bond donors (Lipinski definition) is 2. The number of nitrogens with zero attached hydrogens (tertiary/aromatic N) is 1. The van der Waals surface area contributed by atoms with Crippen LogP contribution in [0.15, 0.2) is 5.18 Å². The highest BCUT2D eigenvalue weighted by molar-refractivity contribution is 7.66. The minimum atomic E-state index is -0.477. The molecule has 5 N–H and O–H groups in total. The molecule has 0 amide bonds. The molecule has 0 radical (unpaired) electrons.